The van der Waals surface area contributed by atoms with Crippen molar-refractivity contribution in [2.24, 2.45) is 5.92 Å². The lowest BCUT2D eigenvalue weighted by molar-refractivity contribution is -0.154. The number of esters is 1. The summed E-state index contributed by atoms with van der Waals surface area (Å²) in [4.78, 5) is 38.5. The van der Waals surface area contributed by atoms with Crippen LogP contribution in [0.4, 0.5) is 4.79 Å². The van der Waals surface area contributed by atoms with Crippen molar-refractivity contribution in [3.8, 4) is 0 Å². The third kappa shape index (κ3) is 10.1. The summed E-state index contributed by atoms with van der Waals surface area (Å²) >= 11 is 0. The van der Waals surface area contributed by atoms with Gasteiger partial charge >= 0.3 is 12.1 Å². The van der Waals surface area contributed by atoms with E-state index in [0.29, 0.717) is 13.0 Å². The number of alkyl carbamates (subject to hydrolysis) is 1. The molecule has 1 aromatic carbocycles. The predicted octanol–water partition coefficient (Wildman–Crippen LogP) is 3.53. The van der Waals surface area contributed by atoms with Gasteiger partial charge in [0.1, 0.15) is 5.60 Å². The SMILES string of the molecule is COC(=O)C(COCc1ccccc1)N(C)C(=O)CCC(NC(=O)OC(C)(C)C)C(C)C. The van der Waals surface area contributed by atoms with Gasteiger partial charge in [0.15, 0.2) is 6.04 Å². The zero-order valence-corrected chi connectivity index (χ0v) is 20.3. The number of rotatable bonds is 11. The monoisotopic (exact) mass is 450 g/mol. The first-order chi connectivity index (χ1) is 14.9. The van der Waals surface area contributed by atoms with E-state index >= 15 is 0 Å². The van der Waals surface area contributed by atoms with Crippen LogP contribution in [-0.2, 0) is 30.4 Å². The highest BCUT2D eigenvalue weighted by Crippen LogP contribution is 2.14. The molecule has 1 rings (SSSR count). The van der Waals surface area contributed by atoms with Crippen molar-refractivity contribution in [2.75, 3.05) is 20.8 Å². The number of benzene rings is 1. The number of hydrogen-bond acceptors (Lipinski definition) is 6. The third-order valence-electron chi connectivity index (χ3n) is 4.90. The second-order valence-electron chi connectivity index (χ2n) is 9.08. The van der Waals surface area contributed by atoms with Crippen LogP contribution in [0.15, 0.2) is 30.3 Å². The van der Waals surface area contributed by atoms with Crippen molar-refractivity contribution in [2.45, 2.75) is 71.8 Å². The van der Waals surface area contributed by atoms with E-state index in [9.17, 15) is 14.4 Å². The van der Waals surface area contributed by atoms with Gasteiger partial charge in [-0.2, -0.15) is 0 Å². The van der Waals surface area contributed by atoms with Gasteiger partial charge in [-0.25, -0.2) is 9.59 Å². The highest BCUT2D eigenvalue weighted by atomic mass is 16.6. The smallest absolute Gasteiger partial charge is 0.407 e. The first-order valence-electron chi connectivity index (χ1n) is 10.9. The Hall–Kier alpha value is -2.61. The summed E-state index contributed by atoms with van der Waals surface area (Å²) in [5.74, 6) is -0.673. The van der Waals surface area contributed by atoms with Crippen molar-refractivity contribution in [1.29, 1.82) is 0 Å². The average Bonchev–Trinajstić information content (AvgIpc) is 2.72. The number of likely N-dealkylation sites (N-methyl/N-ethyl adjacent to an activating group) is 1. The van der Waals surface area contributed by atoms with Crippen LogP contribution in [0.2, 0.25) is 0 Å². The zero-order chi connectivity index (χ0) is 24.3. The fraction of sp³-hybridized carbons (Fsp3) is 0.625. The molecule has 2 unspecified atom stereocenters. The van der Waals surface area contributed by atoms with Crippen LogP contribution in [0.25, 0.3) is 0 Å². The van der Waals surface area contributed by atoms with Gasteiger partial charge < -0.3 is 24.4 Å². The molecule has 0 saturated carbocycles. The molecule has 2 atom stereocenters. The van der Waals surface area contributed by atoms with Gasteiger partial charge in [-0.15, -0.1) is 0 Å². The molecule has 0 aliphatic rings. The van der Waals surface area contributed by atoms with Gasteiger partial charge in [0, 0.05) is 19.5 Å². The Kier molecular flexibility index (Phi) is 11.2. The average molecular weight is 451 g/mol. The Morgan fingerprint density at radius 3 is 2.25 bits per heavy atom. The van der Waals surface area contributed by atoms with Gasteiger partial charge in [0.2, 0.25) is 5.91 Å². The molecule has 8 heteroatoms. The van der Waals surface area contributed by atoms with Crippen molar-refractivity contribution >= 4 is 18.0 Å². The van der Waals surface area contributed by atoms with E-state index in [1.54, 1.807) is 27.8 Å². The van der Waals surface area contributed by atoms with Crippen molar-refractivity contribution < 1.29 is 28.6 Å². The standard InChI is InChI=1S/C24H38N2O6/c1-17(2)19(25-23(29)32-24(3,4)5)13-14-21(27)26(6)20(22(28)30-7)16-31-15-18-11-9-8-10-12-18/h8-12,17,19-20H,13-16H2,1-7H3,(H,25,29). The topological polar surface area (TPSA) is 94.2 Å². The Labute approximate surface area is 191 Å². The molecule has 0 bridgehead atoms. The fourth-order valence-electron chi connectivity index (χ4n) is 3.00. The van der Waals surface area contributed by atoms with Crippen LogP contribution in [0, 0.1) is 5.92 Å². The molecule has 1 aromatic rings. The van der Waals surface area contributed by atoms with Crippen LogP contribution >= 0.6 is 0 Å². The summed E-state index contributed by atoms with van der Waals surface area (Å²) in [6, 6.07) is 8.47. The molecule has 0 aliphatic carbocycles. The van der Waals surface area contributed by atoms with Crippen molar-refractivity contribution in [1.82, 2.24) is 10.2 Å². The van der Waals surface area contributed by atoms with E-state index in [2.05, 4.69) is 5.32 Å². The molecule has 2 amide bonds. The molecule has 8 nitrogen and oxygen atoms in total. The van der Waals surface area contributed by atoms with Crippen molar-refractivity contribution in [3.63, 3.8) is 0 Å². The first kappa shape index (κ1) is 27.4. The van der Waals surface area contributed by atoms with Crippen LogP contribution in [0.3, 0.4) is 0 Å². The van der Waals surface area contributed by atoms with Crippen LogP contribution in [0.5, 0.6) is 0 Å². The lowest BCUT2D eigenvalue weighted by Crippen LogP contribution is -2.47. The minimum atomic E-state index is -0.854. The van der Waals surface area contributed by atoms with Gasteiger partial charge in [-0.3, -0.25) is 4.79 Å². The molecule has 0 fully saturated rings. The molecule has 0 aliphatic heterocycles. The number of carbonyl (C=O) groups is 3. The summed E-state index contributed by atoms with van der Waals surface area (Å²) in [6.07, 6.45) is 0.0546. The number of ether oxygens (including phenoxy) is 3. The van der Waals surface area contributed by atoms with Crippen molar-refractivity contribution in [3.05, 3.63) is 35.9 Å². The number of amides is 2. The predicted molar refractivity (Wildman–Crippen MR) is 122 cm³/mol. The first-order valence-corrected chi connectivity index (χ1v) is 10.9. The molecule has 0 spiro atoms. The number of hydrogen-bond donors (Lipinski definition) is 1. The summed E-state index contributed by atoms with van der Waals surface area (Å²) in [5, 5.41) is 2.83. The summed E-state index contributed by atoms with van der Waals surface area (Å²) in [7, 11) is 2.84. The minimum absolute atomic E-state index is 0.0214. The van der Waals surface area contributed by atoms with Gasteiger partial charge in [0.05, 0.1) is 20.3 Å². The normalized spacial score (nSPS) is 13.2. The van der Waals surface area contributed by atoms with Gasteiger partial charge in [-0.05, 0) is 38.7 Å². The second-order valence-corrected chi connectivity index (χ2v) is 9.08. The largest absolute Gasteiger partial charge is 0.467 e. The molecular weight excluding hydrogens is 412 g/mol. The Bertz CT molecular complexity index is 730. The number of nitrogens with zero attached hydrogens (tertiary/aromatic N) is 1. The molecule has 1 N–H and O–H groups in total. The lowest BCUT2D eigenvalue weighted by Gasteiger charge is -2.28. The van der Waals surface area contributed by atoms with Crippen LogP contribution in [0.1, 0.15) is 53.0 Å². The Balaban J connectivity index is 2.66. The number of methoxy groups -OCH3 is 1. The van der Waals surface area contributed by atoms with Gasteiger partial charge in [-0.1, -0.05) is 44.2 Å². The maximum atomic E-state index is 12.8. The molecule has 32 heavy (non-hydrogen) atoms. The third-order valence-corrected chi connectivity index (χ3v) is 4.90. The van der Waals surface area contributed by atoms with E-state index in [1.165, 1.54) is 12.0 Å². The maximum absolute atomic E-state index is 12.8. The van der Waals surface area contributed by atoms with E-state index < -0.39 is 23.7 Å². The van der Waals surface area contributed by atoms with E-state index in [1.807, 2.05) is 44.2 Å². The second kappa shape index (κ2) is 13.1. The zero-order valence-electron chi connectivity index (χ0n) is 20.3. The van der Waals surface area contributed by atoms with E-state index in [-0.39, 0.29) is 30.9 Å². The number of carbonyl (C=O) groups excluding carboxylic acids is 3. The fourth-order valence-corrected chi connectivity index (χ4v) is 3.00. The quantitative estimate of drug-likeness (QED) is 0.518. The highest BCUT2D eigenvalue weighted by molar-refractivity contribution is 5.84. The Morgan fingerprint density at radius 2 is 1.72 bits per heavy atom. The minimum Gasteiger partial charge on any atom is -0.467 e. The number of nitrogens with one attached hydrogen (secondary N) is 1. The summed E-state index contributed by atoms with van der Waals surface area (Å²) < 4.78 is 15.8. The summed E-state index contributed by atoms with van der Waals surface area (Å²) in [6.45, 7) is 9.65. The van der Waals surface area contributed by atoms with E-state index in [0.717, 1.165) is 5.56 Å². The maximum Gasteiger partial charge on any atom is 0.407 e. The van der Waals surface area contributed by atoms with E-state index in [4.69, 9.17) is 14.2 Å². The molecule has 180 valence electrons. The van der Waals surface area contributed by atoms with Crippen LogP contribution in [-0.4, -0.2) is 61.3 Å². The Morgan fingerprint density at radius 1 is 1.09 bits per heavy atom. The highest BCUT2D eigenvalue weighted by Gasteiger charge is 2.29. The molecule has 0 heterocycles. The molecule has 0 saturated heterocycles. The van der Waals surface area contributed by atoms with Gasteiger partial charge in [0.25, 0.3) is 0 Å². The lowest BCUT2D eigenvalue weighted by atomic mass is 9.99. The summed E-state index contributed by atoms with van der Waals surface area (Å²) in [5.41, 5.74) is 0.368. The molecule has 0 radical (unpaired) electrons. The van der Waals surface area contributed by atoms with Crippen LogP contribution < -0.4 is 5.32 Å². The molecule has 0 aromatic heterocycles. The molecular formula is C24H38N2O6.